The van der Waals surface area contributed by atoms with Crippen molar-refractivity contribution in [2.24, 2.45) is 5.92 Å². The van der Waals surface area contributed by atoms with Gasteiger partial charge in [-0.1, -0.05) is 6.07 Å². The van der Waals surface area contributed by atoms with Crippen molar-refractivity contribution in [2.45, 2.75) is 6.42 Å². The Bertz CT molecular complexity index is 810. The molecule has 0 aliphatic carbocycles. The second-order valence-electron chi connectivity index (χ2n) is 5.78. The molecule has 132 valence electrons. The van der Waals surface area contributed by atoms with Crippen molar-refractivity contribution in [3.05, 3.63) is 58.9 Å². The Balaban J connectivity index is 1.65. The summed E-state index contributed by atoms with van der Waals surface area (Å²) < 4.78 is 51.2. The number of hydrogen-bond acceptors (Lipinski definition) is 3. The number of nitrogens with one attached hydrogen (secondary N) is 1. The van der Waals surface area contributed by atoms with Crippen LogP contribution in [-0.4, -0.2) is 26.2 Å². The van der Waals surface area contributed by atoms with Crippen LogP contribution in [0.15, 0.2) is 30.3 Å². The summed E-state index contributed by atoms with van der Waals surface area (Å²) in [5, 5.41) is 2.44. The molecule has 1 atom stereocenters. The fourth-order valence-electron chi connectivity index (χ4n) is 2.73. The second kappa shape index (κ2) is 7.04. The van der Waals surface area contributed by atoms with Gasteiger partial charge in [-0.25, -0.2) is 13.2 Å². The van der Waals surface area contributed by atoms with E-state index in [1.165, 1.54) is 0 Å². The number of benzene rings is 2. The van der Waals surface area contributed by atoms with Gasteiger partial charge in [0.1, 0.15) is 22.9 Å². The minimum Gasteiger partial charge on any atom is -0.497 e. The average molecular weight is 351 g/mol. The van der Waals surface area contributed by atoms with E-state index < -0.39 is 28.9 Å². The summed E-state index contributed by atoms with van der Waals surface area (Å²) in [6, 6.07) is 6.82. The average Bonchev–Trinajstić information content (AvgIpc) is 2.62. The van der Waals surface area contributed by atoms with Gasteiger partial charge < -0.3 is 14.8 Å². The van der Waals surface area contributed by atoms with Gasteiger partial charge in [-0.05, 0) is 30.2 Å². The first-order valence-corrected chi connectivity index (χ1v) is 7.71. The molecule has 0 unspecified atom stereocenters. The summed E-state index contributed by atoms with van der Waals surface area (Å²) in [4.78, 5) is 12.0. The van der Waals surface area contributed by atoms with Gasteiger partial charge in [-0.3, -0.25) is 4.79 Å². The van der Waals surface area contributed by atoms with Crippen molar-refractivity contribution < 1.29 is 27.4 Å². The molecule has 4 nitrogen and oxygen atoms in total. The fraction of sp³-hybridized carbons (Fsp3) is 0.278. The highest BCUT2D eigenvalue weighted by molar-refractivity contribution is 5.94. The summed E-state index contributed by atoms with van der Waals surface area (Å²) in [6.07, 6.45) is 0.633. The van der Waals surface area contributed by atoms with E-state index in [1.807, 2.05) is 6.07 Å². The van der Waals surface area contributed by atoms with E-state index in [9.17, 15) is 18.0 Å². The van der Waals surface area contributed by atoms with Crippen molar-refractivity contribution >= 4 is 5.91 Å². The first-order chi connectivity index (χ1) is 12.0. The lowest BCUT2D eigenvalue weighted by Gasteiger charge is -2.25. The van der Waals surface area contributed by atoms with Crippen LogP contribution >= 0.6 is 0 Å². The van der Waals surface area contributed by atoms with Crippen LogP contribution in [0.5, 0.6) is 11.5 Å². The molecule has 0 saturated heterocycles. The molecule has 0 radical (unpaired) electrons. The number of rotatable bonds is 4. The molecule has 1 aliphatic heterocycles. The van der Waals surface area contributed by atoms with Crippen LogP contribution in [0.3, 0.4) is 0 Å². The van der Waals surface area contributed by atoms with Crippen molar-refractivity contribution in [1.82, 2.24) is 5.32 Å². The van der Waals surface area contributed by atoms with Crippen molar-refractivity contribution in [1.29, 1.82) is 0 Å². The number of methoxy groups -OCH3 is 1. The minimum absolute atomic E-state index is 0.0653. The predicted molar refractivity (Wildman–Crippen MR) is 84.3 cm³/mol. The number of hydrogen-bond donors (Lipinski definition) is 1. The summed E-state index contributed by atoms with van der Waals surface area (Å²) >= 11 is 0. The first kappa shape index (κ1) is 17.1. The summed E-state index contributed by atoms with van der Waals surface area (Å²) in [5.74, 6) is -3.52. The van der Waals surface area contributed by atoms with E-state index >= 15 is 0 Å². The number of halogens is 3. The Morgan fingerprint density at radius 2 is 2.00 bits per heavy atom. The van der Waals surface area contributed by atoms with Gasteiger partial charge in [-0.15, -0.1) is 0 Å². The Kier molecular flexibility index (Phi) is 4.83. The van der Waals surface area contributed by atoms with Gasteiger partial charge in [0.25, 0.3) is 5.91 Å². The molecule has 2 aromatic carbocycles. The lowest BCUT2D eigenvalue weighted by molar-refractivity contribution is 0.0929. The van der Waals surface area contributed by atoms with Crippen LogP contribution in [0, 0.1) is 23.4 Å². The molecule has 0 fully saturated rings. The molecular weight excluding hydrogens is 335 g/mol. The van der Waals surface area contributed by atoms with Gasteiger partial charge >= 0.3 is 0 Å². The van der Waals surface area contributed by atoms with Crippen LogP contribution in [0.25, 0.3) is 0 Å². The van der Waals surface area contributed by atoms with Crippen molar-refractivity contribution in [3.8, 4) is 11.5 Å². The molecule has 1 amide bonds. The number of carbonyl (C=O) groups is 1. The molecule has 3 rings (SSSR count). The molecule has 1 N–H and O–H groups in total. The maximum Gasteiger partial charge on any atom is 0.257 e. The summed E-state index contributed by atoms with van der Waals surface area (Å²) in [5.41, 5.74) is 0.0382. The molecule has 7 heteroatoms. The second-order valence-corrected chi connectivity index (χ2v) is 5.78. The number of amides is 1. The van der Waals surface area contributed by atoms with E-state index in [0.29, 0.717) is 30.6 Å². The van der Waals surface area contributed by atoms with Crippen LogP contribution in [0.1, 0.15) is 15.9 Å². The van der Waals surface area contributed by atoms with E-state index in [4.69, 9.17) is 9.47 Å². The zero-order chi connectivity index (χ0) is 18.0. The van der Waals surface area contributed by atoms with Gasteiger partial charge in [0.15, 0.2) is 11.6 Å². The van der Waals surface area contributed by atoms with E-state index in [-0.39, 0.29) is 12.5 Å². The fourth-order valence-corrected chi connectivity index (χ4v) is 2.73. The van der Waals surface area contributed by atoms with Gasteiger partial charge in [0.2, 0.25) is 0 Å². The Hall–Kier alpha value is -2.70. The molecule has 0 spiro atoms. The van der Waals surface area contributed by atoms with Crippen molar-refractivity contribution in [3.63, 3.8) is 0 Å². The van der Waals surface area contributed by atoms with Crippen molar-refractivity contribution in [2.75, 3.05) is 20.3 Å². The largest absolute Gasteiger partial charge is 0.497 e. The monoisotopic (exact) mass is 351 g/mol. The van der Waals surface area contributed by atoms with Crippen LogP contribution in [0.2, 0.25) is 0 Å². The molecular formula is C18H16F3NO3. The van der Waals surface area contributed by atoms with E-state index in [1.54, 1.807) is 19.2 Å². The standard InChI is InChI=1S/C18H16F3NO3/c1-24-12-3-2-11-6-10(9-25-15(11)7-12)8-22-18(23)16-13(19)4-5-14(20)17(16)21/h2-5,7,10H,6,8-9H2,1H3,(H,22,23)/t10-/m1/s1. The highest BCUT2D eigenvalue weighted by atomic mass is 19.2. The molecule has 1 aliphatic rings. The molecule has 2 aromatic rings. The third-order valence-corrected chi connectivity index (χ3v) is 4.08. The quantitative estimate of drug-likeness (QED) is 0.861. The molecule has 1 heterocycles. The SMILES string of the molecule is COc1ccc2c(c1)OC[C@@H](CNC(=O)c1c(F)ccc(F)c1F)C2. The number of carbonyl (C=O) groups excluding carboxylic acids is 1. The minimum atomic E-state index is -1.49. The molecule has 25 heavy (non-hydrogen) atoms. The van der Waals surface area contributed by atoms with E-state index in [2.05, 4.69) is 5.32 Å². The highest BCUT2D eigenvalue weighted by Gasteiger charge is 2.24. The number of ether oxygens (including phenoxy) is 2. The van der Waals surface area contributed by atoms with Gasteiger partial charge in [0, 0.05) is 18.5 Å². The third kappa shape index (κ3) is 3.55. The predicted octanol–water partition coefficient (Wildman–Crippen LogP) is 3.09. The topological polar surface area (TPSA) is 47.6 Å². The summed E-state index contributed by atoms with van der Waals surface area (Å²) in [6.45, 7) is 0.494. The molecule has 0 bridgehead atoms. The van der Waals surface area contributed by atoms with E-state index in [0.717, 1.165) is 11.6 Å². The lowest BCUT2D eigenvalue weighted by Crippen LogP contribution is -2.35. The number of fused-ring (bicyclic) bond motifs is 1. The van der Waals surface area contributed by atoms with Gasteiger partial charge in [-0.2, -0.15) is 0 Å². The summed E-state index contributed by atoms with van der Waals surface area (Å²) in [7, 11) is 1.56. The third-order valence-electron chi connectivity index (χ3n) is 4.08. The molecule has 0 aromatic heterocycles. The van der Waals surface area contributed by atoms with Gasteiger partial charge in [0.05, 0.1) is 13.7 Å². The smallest absolute Gasteiger partial charge is 0.257 e. The Morgan fingerprint density at radius 3 is 2.76 bits per heavy atom. The van der Waals surface area contributed by atoms with Crippen LogP contribution in [-0.2, 0) is 6.42 Å². The Morgan fingerprint density at radius 1 is 1.24 bits per heavy atom. The normalized spacial score (nSPS) is 15.9. The van der Waals surface area contributed by atoms with Crippen LogP contribution < -0.4 is 14.8 Å². The lowest BCUT2D eigenvalue weighted by atomic mass is 9.96. The first-order valence-electron chi connectivity index (χ1n) is 7.71. The van der Waals surface area contributed by atoms with Crippen LogP contribution in [0.4, 0.5) is 13.2 Å². The Labute approximate surface area is 142 Å². The highest BCUT2D eigenvalue weighted by Crippen LogP contribution is 2.30. The zero-order valence-corrected chi connectivity index (χ0v) is 13.4. The maximum atomic E-state index is 13.6. The maximum absolute atomic E-state index is 13.6. The molecule has 0 saturated carbocycles. The zero-order valence-electron chi connectivity index (χ0n) is 13.4.